The van der Waals surface area contributed by atoms with Crippen LogP contribution in [0.1, 0.15) is 10.6 Å². The molecule has 3 rings (SSSR count). The van der Waals surface area contributed by atoms with Crippen molar-refractivity contribution in [3.05, 3.63) is 56.5 Å². The maximum Gasteiger partial charge on any atom is 0.113 e. The normalized spacial score (nSPS) is 10.9. The topological polar surface area (TPSA) is 24.9 Å². The zero-order valence-electron chi connectivity index (χ0n) is 10.8. The van der Waals surface area contributed by atoms with Gasteiger partial charge in [0, 0.05) is 9.50 Å². The number of hydrogen-bond acceptors (Lipinski definition) is 3. The second kappa shape index (κ2) is 5.72. The predicted octanol–water partition coefficient (Wildman–Crippen LogP) is 5.63. The second-order valence-electron chi connectivity index (χ2n) is 4.51. The predicted molar refractivity (Wildman–Crippen MR) is 90.8 cm³/mol. The third kappa shape index (κ3) is 2.82. The summed E-state index contributed by atoms with van der Waals surface area (Å²) in [7, 11) is 0. The van der Waals surface area contributed by atoms with E-state index in [0.29, 0.717) is 6.54 Å². The van der Waals surface area contributed by atoms with Crippen LogP contribution in [0.2, 0.25) is 5.02 Å². The molecule has 0 aliphatic carbocycles. The quantitative estimate of drug-likeness (QED) is 0.648. The molecule has 3 aromatic rings. The van der Waals surface area contributed by atoms with Gasteiger partial charge in [-0.2, -0.15) is 0 Å². The number of nitrogens with zero attached hydrogens (tertiary/aromatic N) is 1. The molecule has 0 spiro atoms. The van der Waals surface area contributed by atoms with Crippen molar-refractivity contribution in [2.24, 2.45) is 0 Å². The summed E-state index contributed by atoms with van der Waals surface area (Å²) in [5.41, 5.74) is 3.10. The van der Waals surface area contributed by atoms with E-state index in [2.05, 4.69) is 32.3 Å². The lowest BCUT2D eigenvalue weighted by molar-refractivity contribution is 1.11. The number of rotatable bonds is 3. The number of benzene rings is 2. The van der Waals surface area contributed by atoms with Crippen LogP contribution >= 0.6 is 38.9 Å². The van der Waals surface area contributed by atoms with E-state index in [1.165, 1.54) is 4.70 Å². The van der Waals surface area contributed by atoms with E-state index < -0.39 is 0 Å². The van der Waals surface area contributed by atoms with E-state index in [9.17, 15) is 0 Å². The van der Waals surface area contributed by atoms with Gasteiger partial charge in [0.2, 0.25) is 0 Å². The minimum atomic E-state index is 0.692. The SMILES string of the molecule is Cc1cc(Br)c(NCc2nc3ccccc3s2)cc1Cl. The van der Waals surface area contributed by atoms with Gasteiger partial charge in [0.1, 0.15) is 5.01 Å². The van der Waals surface area contributed by atoms with Crippen LogP contribution in [0.25, 0.3) is 10.2 Å². The molecule has 0 atom stereocenters. The molecule has 2 nitrogen and oxygen atoms in total. The van der Waals surface area contributed by atoms with Crippen LogP contribution in [0.4, 0.5) is 5.69 Å². The smallest absolute Gasteiger partial charge is 0.113 e. The molecule has 5 heteroatoms. The van der Waals surface area contributed by atoms with Gasteiger partial charge in [0.15, 0.2) is 0 Å². The van der Waals surface area contributed by atoms with E-state index >= 15 is 0 Å². The first-order valence-corrected chi connectivity index (χ1v) is 8.16. The zero-order valence-corrected chi connectivity index (χ0v) is 13.9. The average molecular weight is 368 g/mol. The molecular weight excluding hydrogens is 356 g/mol. The molecule has 0 amide bonds. The molecule has 0 bridgehead atoms. The van der Waals surface area contributed by atoms with Crippen molar-refractivity contribution in [2.45, 2.75) is 13.5 Å². The van der Waals surface area contributed by atoms with Crippen molar-refractivity contribution in [3.8, 4) is 0 Å². The van der Waals surface area contributed by atoms with Crippen molar-refractivity contribution < 1.29 is 0 Å². The van der Waals surface area contributed by atoms with E-state index in [-0.39, 0.29) is 0 Å². The highest BCUT2D eigenvalue weighted by atomic mass is 79.9. The molecule has 1 aromatic heterocycles. The number of para-hydroxylation sites is 1. The van der Waals surface area contributed by atoms with Crippen molar-refractivity contribution in [1.29, 1.82) is 0 Å². The summed E-state index contributed by atoms with van der Waals surface area (Å²) >= 11 is 11.4. The lowest BCUT2D eigenvalue weighted by atomic mass is 10.2. The summed E-state index contributed by atoms with van der Waals surface area (Å²) in [6.45, 7) is 2.68. The van der Waals surface area contributed by atoms with Crippen LogP contribution < -0.4 is 5.32 Å². The van der Waals surface area contributed by atoms with Crippen LogP contribution in [0.5, 0.6) is 0 Å². The Morgan fingerprint density at radius 2 is 2.10 bits per heavy atom. The largest absolute Gasteiger partial charge is 0.378 e. The Bertz CT molecular complexity index is 737. The molecule has 0 aliphatic rings. The highest BCUT2D eigenvalue weighted by Gasteiger charge is 2.06. The van der Waals surface area contributed by atoms with E-state index in [1.54, 1.807) is 11.3 Å². The lowest BCUT2D eigenvalue weighted by Crippen LogP contribution is -1.99. The molecule has 0 radical (unpaired) electrons. The number of aromatic nitrogens is 1. The molecule has 0 aliphatic heterocycles. The van der Waals surface area contributed by atoms with Gasteiger partial charge < -0.3 is 5.32 Å². The first-order chi connectivity index (χ1) is 9.63. The molecule has 102 valence electrons. The Hall–Kier alpha value is -1.10. The Morgan fingerprint density at radius 3 is 2.90 bits per heavy atom. The fraction of sp³-hybridized carbons (Fsp3) is 0.133. The van der Waals surface area contributed by atoms with Gasteiger partial charge in [-0.05, 0) is 52.7 Å². The van der Waals surface area contributed by atoms with Gasteiger partial charge in [-0.1, -0.05) is 23.7 Å². The summed E-state index contributed by atoms with van der Waals surface area (Å²) < 4.78 is 2.23. The third-order valence-corrected chi connectivity index (χ3v) is 5.12. The lowest BCUT2D eigenvalue weighted by Gasteiger charge is -2.09. The minimum absolute atomic E-state index is 0.692. The van der Waals surface area contributed by atoms with Crippen LogP contribution in [-0.4, -0.2) is 4.98 Å². The maximum atomic E-state index is 6.16. The Kier molecular flexibility index (Phi) is 3.96. The van der Waals surface area contributed by atoms with Crippen molar-refractivity contribution in [3.63, 3.8) is 0 Å². The van der Waals surface area contributed by atoms with E-state index in [4.69, 9.17) is 11.6 Å². The highest BCUT2D eigenvalue weighted by molar-refractivity contribution is 9.10. The molecule has 0 saturated heterocycles. The van der Waals surface area contributed by atoms with Crippen LogP contribution in [0, 0.1) is 6.92 Å². The summed E-state index contributed by atoms with van der Waals surface area (Å²) in [6.07, 6.45) is 0. The second-order valence-corrected chi connectivity index (χ2v) is 6.89. The first-order valence-electron chi connectivity index (χ1n) is 6.17. The summed E-state index contributed by atoms with van der Waals surface area (Å²) in [5.74, 6) is 0. The number of hydrogen-bond donors (Lipinski definition) is 1. The number of anilines is 1. The van der Waals surface area contributed by atoms with Gasteiger partial charge >= 0.3 is 0 Å². The fourth-order valence-electron chi connectivity index (χ4n) is 1.95. The Morgan fingerprint density at radius 1 is 1.30 bits per heavy atom. The Balaban J connectivity index is 1.81. The van der Waals surface area contributed by atoms with Crippen molar-refractivity contribution in [1.82, 2.24) is 4.98 Å². The molecule has 0 saturated carbocycles. The number of fused-ring (bicyclic) bond motifs is 1. The van der Waals surface area contributed by atoms with Crippen LogP contribution in [0.15, 0.2) is 40.9 Å². The number of nitrogens with one attached hydrogen (secondary N) is 1. The summed E-state index contributed by atoms with van der Waals surface area (Å²) in [6, 6.07) is 12.1. The molecule has 1 heterocycles. The molecule has 2 aromatic carbocycles. The van der Waals surface area contributed by atoms with Crippen molar-refractivity contribution >= 4 is 54.8 Å². The Labute approximate surface area is 134 Å². The fourth-order valence-corrected chi connectivity index (χ4v) is 3.62. The number of aryl methyl sites for hydroxylation is 1. The standard InChI is InChI=1S/C15H12BrClN2S/c1-9-6-10(16)13(7-11(9)17)18-8-15-19-12-4-2-3-5-14(12)20-15/h2-7,18H,8H2,1H3. The van der Waals surface area contributed by atoms with Crippen LogP contribution in [-0.2, 0) is 6.54 Å². The molecule has 1 N–H and O–H groups in total. The summed E-state index contributed by atoms with van der Waals surface area (Å²) in [4.78, 5) is 4.61. The van der Waals surface area contributed by atoms with E-state index in [1.807, 2.05) is 37.3 Å². The number of halogens is 2. The average Bonchev–Trinajstić information content (AvgIpc) is 2.84. The molecule has 0 unspecified atom stereocenters. The maximum absolute atomic E-state index is 6.16. The van der Waals surface area contributed by atoms with Gasteiger partial charge in [-0.3, -0.25) is 0 Å². The summed E-state index contributed by atoms with van der Waals surface area (Å²) in [5, 5.41) is 5.20. The molecule has 0 fully saturated rings. The molecule has 20 heavy (non-hydrogen) atoms. The van der Waals surface area contributed by atoms with Gasteiger partial charge in [-0.15, -0.1) is 11.3 Å². The first kappa shape index (κ1) is 13.9. The van der Waals surface area contributed by atoms with Crippen LogP contribution in [0.3, 0.4) is 0 Å². The van der Waals surface area contributed by atoms with Gasteiger partial charge in [0.25, 0.3) is 0 Å². The third-order valence-electron chi connectivity index (χ3n) is 3.02. The minimum Gasteiger partial charge on any atom is -0.378 e. The van der Waals surface area contributed by atoms with Crippen molar-refractivity contribution in [2.75, 3.05) is 5.32 Å². The van der Waals surface area contributed by atoms with E-state index in [0.717, 1.165) is 31.3 Å². The molecular formula is C15H12BrClN2S. The zero-order chi connectivity index (χ0) is 14.1. The van der Waals surface area contributed by atoms with Gasteiger partial charge in [-0.25, -0.2) is 4.98 Å². The monoisotopic (exact) mass is 366 g/mol. The number of thiazole rings is 1. The van der Waals surface area contributed by atoms with Gasteiger partial charge in [0.05, 0.1) is 22.4 Å². The highest BCUT2D eigenvalue weighted by Crippen LogP contribution is 2.30.